The lowest BCUT2D eigenvalue weighted by atomic mass is 10.1. The number of anilines is 1. The molecule has 6 heteroatoms. The predicted molar refractivity (Wildman–Crippen MR) is 110 cm³/mol. The molecular weight excluding hydrogens is 364 g/mol. The Morgan fingerprint density at radius 1 is 1.19 bits per heavy atom. The molecule has 146 valence electrons. The van der Waals surface area contributed by atoms with E-state index in [0.717, 1.165) is 30.6 Å². The van der Waals surface area contributed by atoms with Gasteiger partial charge in [-0.15, -0.1) is 0 Å². The molecule has 0 fully saturated rings. The van der Waals surface area contributed by atoms with Crippen molar-refractivity contribution in [3.63, 3.8) is 0 Å². The molecule has 0 saturated carbocycles. The summed E-state index contributed by atoms with van der Waals surface area (Å²) in [4.78, 5) is 12.7. The number of nitrogens with one attached hydrogen (secondary N) is 2. The van der Waals surface area contributed by atoms with Crippen molar-refractivity contribution in [2.24, 2.45) is 0 Å². The van der Waals surface area contributed by atoms with Gasteiger partial charge >= 0.3 is 0 Å². The summed E-state index contributed by atoms with van der Waals surface area (Å²) < 4.78 is 11.1. The highest BCUT2D eigenvalue weighted by Gasteiger charge is 2.17. The zero-order chi connectivity index (χ0) is 19.6. The molecule has 2 aromatic carbocycles. The van der Waals surface area contributed by atoms with Crippen LogP contribution in [-0.4, -0.2) is 26.2 Å². The van der Waals surface area contributed by atoms with Gasteiger partial charge in [0.15, 0.2) is 11.5 Å². The zero-order valence-electron chi connectivity index (χ0n) is 16.1. The van der Waals surface area contributed by atoms with E-state index in [0.29, 0.717) is 35.2 Å². The predicted octanol–water partition coefficient (Wildman–Crippen LogP) is 4.89. The number of hydrogen-bond acceptors (Lipinski definition) is 4. The van der Waals surface area contributed by atoms with Crippen LogP contribution in [0.5, 0.6) is 11.5 Å². The lowest BCUT2D eigenvalue weighted by Gasteiger charge is -2.15. The first kappa shape index (κ1) is 21.1. The summed E-state index contributed by atoms with van der Waals surface area (Å²) in [6.07, 6.45) is 1.94. The Labute approximate surface area is 166 Å². The number of unbranched alkanes of at least 4 members (excludes halogenated alkanes) is 1. The highest BCUT2D eigenvalue weighted by Crippen LogP contribution is 2.36. The van der Waals surface area contributed by atoms with Crippen LogP contribution in [0.1, 0.15) is 42.6 Å². The largest absolute Gasteiger partial charge is 0.493 e. The van der Waals surface area contributed by atoms with Gasteiger partial charge in [0.2, 0.25) is 0 Å². The standard InChI is InChI=1S/C21H27ClN2O3/c1-4-6-11-27-20-17(22)12-16(13-19(20)26-3)21(25)24-18-10-8-7-9-15(18)14-23-5-2/h7-10,12-13,23H,4-6,11,14H2,1-3H3,(H,24,25). The topological polar surface area (TPSA) is 59.6 Å². The normalized spacial score (nSPS) is 10.5. The van der Waals surface area contributed by atoms with Gasteiger partial charge < -0.3 is 20.1 Å². The van der Waals surface area contributed by atoms with Crippen molar-refractivity contribution in [2.45, 2.75) is 33.2 Å². The Kier molecular flexibility index (Phi) is 8.43. The van der Waals surface area contributed by atoms with Crippen molar-refractivity contribution in [1.82, 2.24) is 5.32 Å². The molecule has 0 bridgehead atoms. The summed E-state index contributed by atoms with van der Waals surface area (Å²) >= 11 is 6.34. The van der Waals surface area contributed by atoms with Crippen molar-refractivity contribution in [1.29, 1.82) is 0 Å². The molecular formula is C21H27ClN2O3. The molecule has 0 aliphatic rings. The highest BCUT2D eigenvalue weighted by atomic mass is 35.5. The van der Waals surface area contributed by atoms with Crippen LogP contribution >= 0.6 is 11.6 Å². The molecule has 2 rings (SSSR count). The minimum absolute atomic E-state index is 0.251. The minimum atomic E-state index is -0.251. The zero-order valence-corrected chi connectivity index (χ0v) is 16.9. The number of amides is 1. The molecule has 2 N–H and O–H groups in total. The fourth-order valence-corrected chi connectivity index (χ4v) is 2.83. The van der Waals surface area contributed by atoms with Crippen LogP contribution in [0.25, 0.3) is 0 Å². The number of methoxy groups -OCH3 is 1. The van der Waals surface area contributed by atoms with Gasteiger partial charge in [0.25, 0.3) is 5.91 Å². The molecule has 1 amide bonds. The van der Waals surface area contributed by atoms with E-state index >= 15 is 0 Å². The van der Waals surface area contributed by atoms with E-state index in [1.54, 1.807) is 12.1 Å². The molecule has 0 aliphatic heterocycles. The quantitative estimate of drug-likeness (QED) is 0.567. The van der Waals surface area contributed by atoms with Gasteiger partial charge in [-0.2, -0.15) is 0 Å². The van der Waals surface area contributed by atoms with Gasteiger partial charge in [-0.3, -0.25) is 4.79 Å². The SMILES string of the molecule is CCCCOc1c(Cl)cc(C(=O)Nc2ccccc2CNCC)cc1OC. The first-order valence-corrected chi connectivity index (χ1v) is 9.58. The van der Waals surface area contributed by atoms with Gasteiger partial charge in [0.05, 0.1) is 18.7 Å². The fourth-order valence-electron chi connectivity index (χ4n) is 2.56. The monoisotopic (exact) mass is 390 g/mol. The number of rotatable bonds is 10. The first-order chi connectivity index (χ1) is 13.1. The maximum Gasteiger partial charge on any atom is 0.255 e. The van der Waals surface area contributed by atoms with E-state index in [1.807, 2.05) is 31.2 Å². The Hall–Kier alpha value is -2.24. The van der Waals surface area contributed by atoms with E-state index in [-0.39, 0.29) is 5.91 Å². The van der Waals surface area contributed by atoms with E-state index < -0.39 is 0 Å². The third-order valence-electron chi connectivity index (χ3n) is 4.07. The second kappa shape index (κ2) is 10.8. The molecule has 0 aromatic heterocycles. The minimum Gasteiger partial charge on any atom is -0.493 e. The van der Waals surface area contributed by atoms with Crippen molar-refractivity contribution in [3.05, 3.63) is 52.5 Å². The number of ether oxygens (including phenoxy) is 2. The molecule has 5 nitrogen and oxygen atoms in total. The molecule has 0 aliphatic carbocycles. The number of carbonyl (C=O) groups excluding carboxylic acids is 1. The van der Waals surface area contributed by atoms with Gasteiger partial charge in [-0.05, 0) is 36.7 Å². The number of carbonyl (C=O) groups is 1. The van der Waals surface area contributed by atoms with Crippen LogP contribution in [0.15, 0.2) is 36.4 Å². The average Bonchev–Trinajstić information content (AvgIpc) is 2.68. The molecule has 0 atom stereocenters. The lowest BCUT2D eigenvalue weighted by Crippen LogP contribution is -2.17. The molecule has 0 heterocycles. The Morgan fingerprint density at radius 3 is 2.67 bits per heavy atom. The summed E-state index contributed by atoms with van der Waals surface area (Å²) in [6.45, 7) is 6.22. The third kappa shape index (κ3) is 5.88. The summed E-state index contributed by atoms with van der Waals surface area (Å²) in [5, 5.41) is 6.58. The summed E-state index contributed by atoms with van der Waals surface area (Å²) in [7, 11) is 1.53. The smallest absolute Gasteiger partial charge is 0.255 e. The summed E-state index contributed by atoms with van der Waals surface area (Å²) in [5.41, 5.74) is 2.20. The van der Waals surface area contributed by atoms with Crippen LogP contribution in [0.4, 0.5) is 5.69 Å². The molecule has 0 radical (unpaired) electrons. The maximum absolute atomic E-state index is 12.7. The summed E-state index contributed by atoms with van der Waals surface area (Å²) in [5.74, 6) is 0.667. The van der Waals surface area contributed by atoms with Crippen molar-refractivity contribution in [3.8, 4) is 11.5 Å². The first-order valence-electron chi connectivity index (χ1n) is 9.21. The van der Waals surface area contributed by atoms with E-state index in [2.05, 4.69) is 17.6 Å². The van der Waals surface area contributed by atoms with Crippen molar-refractivity contribution in [2.75, 3.05) is 25.6 Å². The number of halogens is 1. The highest BCUT2D eigenvalue weighted by molar-refractivity contribution is 6.32. The number of para-hydroxylation sites is 1. The Balaban J connectivity index is 2.20. The Morgan fingerprint density at radius 2 is 1.96 bits per heavy atom. The van der Waals surface area contributed by atoms with Gasteiger partial charge in [-0.25, -0.2) is 0 Å². The van der Waals surface area contributed by atoms with Gasteiger partial charge in [0, 0.05) is 17.8 Å². The van der Waals surface area contributed by atoms with Crippen LogP contribution < -0.4 is 20.1 Å². The molecule has 27 heavy (non-hydrogen) atoms. The average molecular weight is 391 g/mol. The molecule has 0 unspecified atom stereocenters. The maximum atomic E-state index is 12.7. The third-order valence-corrected chi connectivity index (χ3v) is 4.35. The van der Waals surface area contributed by atoms with Crippen molar-refractivity contribution < 1.29 is 14.3 Å². The van der Waals surface area contributed by atoms with Gasteiger partial charge in [-0.1, -0.05) is 50.1 Å². The van der Waals surface area contributed by atoms with Crippen LogP contribution in [0, 0.1) is 0 Å². The summed E-state index contributed by atoms with van der Waals surface area (Å²) in [6, 6.07) is 11.0. The molecule has 0 saturated heterocycles. The van der Waals surface area contributed by atoms with Gasteiger partial charge in [0.1, 0.15) is 0 Å². The van der Waals surface area contributed by atoms with E-state index in [1.165, 1.54) is 7.11 Å². The molecule has 0 spiro atoms. The second-order valence-corrected chi connectivity index (χ2v) is 6.49. The number of hydrogen-bond donors (Lipinski definition) is 2. The van der Waals surface area contributed by atoms with Crippen LogP contribution in [0.2, 0.25) is 5.02 Å². The van der Waals surface area contributed by atoms with E-state index in [4.69, 9.17) is 21.1 Å². The second-order valence-electron chi connectivity index (χ2n) is 6.08. The lowest BCUT2D eigenvalue weighted by molar-refractivity contribution is 0.102. The van der Waals surface area contributed by atoms with Crippen LogP contribution in [0.3, 0.4) is 0 Å². The fraction of sp³-hybridized carbons (Fsp3) is 0.381. The van der Waals surface area contributed by atoms with E-state index in [9.17, 15) is 4.79 Å². The Bertz CT molecular complexity index is 765. The van der Waals surface area contributed by atoms with Crippen LogP contribution in [-0.2, 0) is 6.54 Å². The number of benzene rings is 2. The molecule has 2 aromatic rings. The van der Waals surface area contributed by atoms with Crippen molar-refractivity contribution >= 4 is 23.2 Å².